The Balaban J connectivity index is 2.06. The van der Waals surface area contributed by atoms with Crippen LogP contribution >= 0.6 is 0 Å². The lowest BCUT2D eigenvalue weighted by atomic mass is 9.94. The van der Waals surface area contributed by atoms with E-state index in [1.54, 1.807) is 0 Å². The largest absolute Gasteiger partial charge is 0.492 e. The fraction of sp³-hybridized carbons (Fsp3) is 0.467. The van der Waals surface area contributed by atoms with Gasteiger partial charge in [-0.15, -0.1) is 0 Å². The molecule has 1 aromatic rings. The zero-order valence-corrected chi connectivity index (χ0v) is 12.1. The van der Waals surface area contributed by atoms with Gasteiger partial charge in [-0.3, -0.25) is 4.79 Å². The molecule has 1 amide bonds. The highest BCUT2D eigenvalue weighted by Gasteiger charge is 2.37. The van der Waals surface area contributed by atoms with Crippen LogP contribution in [0.25, 0.3) is 0 Å². The third-order valence-corrected chi connectivity index (χ3v) is 3.55. The summed E-state index contributed by atoms with van der Waals surface area (Å²) >= 11 is 0. The van der Waals surface area contributed by atoms with Crippen molar-refractivity contribution < 1.29 is 24.2 Å². The predicted molar refractivity (Wildman–Crippen MR) is 75.2 cm³/mol. The Morgan fingerprint density at radius 3 is 2.86 bits per heavy atom. The van der Waals surface area contributed by atoms with E-state index in [-0.39, 0.29) is 19.1 Å². The summed E-state index contributed by atoms with van der Waals surface area (Å²) in [6, 6.07) is 7.52. The lowest BCUT2D eigenvalue weighted by Crippen LogP contribution is -2.57. The van der Waals surface area contributed by atoms with Crippen LogP contribution in [0.4, 0.5) is 0 Å². The minimum absolute atomic E-state index is 0.0990. The van der Waals surface area contributed by atoms with E-state index in [1.807, 2.05) is 24.3 Å². The number of carbonyl (C=O) groups excluding carboxylic acids is 1. The molecular weight excluding hydrogens is 274 g/mol. The van der Waals surface area contributed by atoms with Crippen LogP contribution < -0.4 is 10.1 Å². The van der Waals surface area contributed by atoms with Crippen LogP contribution in [0.1, 0.15) is 12.5 Å². The first kappa shape index (κ1) is 15.3. The molecular formula is C15H19NO5. The number of carbonyl (C=O) groups is 2. The summed E-state index contributed by atoms with van der Waals surface area (Å²) in [5.41, 5.74) is -0.490. The highest BCUT2D eigenvalue weighted by Crippen LogP contribution is 2.27. The SMILES string of the molecule is COCC(C)(NC(=O)C1COc2ccccc2C1)C(=O)O. The van der Waals surface area contributed by atoms with E-state index in [9.17, 15) is 14.7 Å². The number of carboxylic acids is 1. The number of methoxy groups -OCH3 is 1. The Morgan fingerprint density at radius 1 is 1.48 bits per heavy atom. The molecule has 2 atom stereocenters. The first-order chi connectivity index (χ1) is 9.96. The smallest absolute Gasteiger partial charge is 0.331 e. The number of rotatable bonds is 5. The van der Waals surface area contributed by atoms with Crippen LogP contribution in [-0.4, -0.2) is 42.8 Å². The quantitative estimate of drug-likeness (QED) is 0.840. The number of fused-ring (bicyclic) bond motifs is 1. The number of hydrogen-bond acceptors (Lipinski definition) is 4. The van der Waals surface area contributed by atoms with Crippen LogP contribution in [0.15, 0.2) is 24.3 Å². The molecule has 6 nitrogen and oxygen atoms in total. The van der Waals surface area contributed by atoms with Crippen molar-refractivity contribution >= 4 is 11.9 Å². The van der Waals surface area contributed by atoms with Crippen molar-refractivity contribution in [1.29, 1.82) is 0 Å². The van der Waals surface area contributed by atoms with Gasteiger partial charge in [0.1, 0.15) is 12.4 Å². The van der Waals surface area contributed by atoms with E-state index in [0.717, 1.165) is 11.3 Å². The normalized spacial score (nSPS) is 19.8. The van der Waals surface area contributed by atoms with Gasteiger partial charge in [0.2, 0.25) is 5.91 Å². The van der Waals surface area contributed by atoms with Crippen molar-refractivity contribution in [2.24, 2.45) is 5.92 Å². The molecule has 0 aromatic heterocycles. The minimum Gasteiger partial charge on any atom is -0.492 e. The highest BCUT2D eigenvalue weighted by atomic mass is 16.5. The van der Waals surface area contributed by atoms with Gasteiger partial charge in [0, 0.05) is 7.11 Å². The van der Waals surface area contributed by atoms with Gasteiger partial charge in [-0.25, -0.2) is 4.79 Å². The van der Waals surface area contributed by atoms with Crippen molar-refractivity contribution in [3.05, 3.63) is 29.8 Å². The van der Waals surface area contributed by atoms with Gasteiger partial charge < -0.3 is 19.9 Å². The maximum absolute atomic E-state index is 12.3. The summed E-state index contributed by atoms with van der Waals surface area (Å²) in [4.78, 5) is 23.6. The number of ether oxygens (including phenoxy) is 2. The summed E-state index contributed by atoms with van der Waals surface area (Å²) in [5, 5.41) is 11.8. The maximum atomic E-state index is 12.3. The van der Waals surface area contributed by atoms with E-state index in [2.05, 4.69) is 5.32 Å². The first-order valence-corrected chi connectivity index (χ1v) is 6.71. The number of aliphatic carboxylic acids is 1. The van der Waals surface area contributed by atoms with E-state index in [1.165, 1.54) is 14.0 Å². The highest BCUT2D eigenvalue weighted by molar-refractivity contribution is 5.88. The molecule has 0 radical (unpaired) electrons. The monoisotopic (exact) mass is 293 g/mol. The molecule has 0 saturated heterocycles. The van der Waals surface area contributed by atoms with Crippen molar-refractivity contribution in [1.82, 2.24) is 5.32 Å². The van der Waals surface area contributed by atoms with Gasteiger partial charge >= 0.3 is 5.97 Å². The van der Waals surface area contributed by atoms with Crippen LogP contribution in [0.5, 0.6) is 5.75 Å². The molecule has 0 spiro atoms. The Kier molecular flexibility index (Phi) is 4.47. The Labute approximate surface area is 123 Å². The van der Waals surface area contributed by atoms with Gasteiger partial charge in [-0.05, 0) is 25.0 Å². The molecule has 2 rings (SSSR count). The Hall–Kier alpha value is -2.08. The molecule has 2 unspecified atom stereocenters. The third-order valence-electron chi connectivity index (χ3n) is 3.55. The van der Waals surface area contributed by atoms with E-state index >= 15 is 0 Å². The van der Waals surface area contributed by atoms with Crippen molar-refractivity contribution in [2.45, 2.75) is 18.9 Å². The van der Waals surface area contributed by atoms with E-state index < -0.39 is 17.4 Å². The molecule has 1 aliphatic heterocycles. The zero-order valence-electron chi connectivity index (χ0n) is 12.1. The number of carboxylic acid groups (broad SMARTS) is 1. The van der Waals surface area contributed by atoms with Crippen LogP contribution in [0.2, 0.25) is 0 Å². The number of amides is 1. The number of hydrogen-bond donors (Lipinski definition) is 2. The average Bonchev–Trinajstić information content (AvgIpc) is 2.46. The maximum Gasteiger partial charge on any atom is 0.331 e. The lowest BCUT2D eigenvalue weighted by molar-refractivity contribution is -0.150. The second-order valence-corrected chi connectivity index (χ2v) is 5.38. The molecule has 6 heteroatoms. The fourth-order valence-corrected chi connectivity index (χ4v) is 2.31. The molecule has 0 bridgehead atoms. The zero-order chi connectivity index (χ0) is 15.5. The summed E-state index contributed by atoms with van der Waals surface area (Å²) in [7, 11) is 1.40. The molecule has 21 heavy (non-hydrogen) atoms. The average molecular weight is 293 g/mol. The second kappa shape index (κ2) is 6.13. The van der Waals surface area contributed by atoms with Gasteiger partial charge in [-0.2, -0.15) is 0 Å². The summed E-state index contributed by atoms with van der Waals surface area (Å²) in [5.74, 6) is -1.10. The van der Waals surface area contributed by atoms with E-state index in [4.69, 9.17) is 9.47 Å². The van der Waals surface area contributed by atoms with Crippen molar-refractivity contribution in [3.63, 3.8) is 0 Å². The van der Waals surface area contributed by atoms with Gasteiger partial charge in [-0.1, -0.05) is 18.2 Å². The molecule has 2 N–H and O–H groups in total. The molecule has 0 aliphatic carbocycles. The molecule has 0 fully saturated rings. The molecule has 114 valence electrons. The Bertz CT molecular complexity index is 545. The van der Waals surface area contributed by atoms with Gasteiger partial charge in [0.05, 0.1) is 12.5 Å². The molecule has 1 heterocycles. The van der Waals surface area contributed by atoms with Gasteiger partial charge in [0.25, 0.3) is 0 Å². The third kappa shape index (κ3) is 3.33. The van der Waals surface area contributed by atoms with E-state index in [0.29, 0.717) is 6.42 Å². The lowest BCUT2D eigenvalue weighted by Gasteiger charge is -2.30. The van der Waals surface area contributed by atoms with Gasteiger partial charge in [0.15, 0.2) is 5.54 Å². The number of benzene rings is 1. The number of nitrogens with one attached hydrogen (secondary N) is 1. The second-order valence-electron chi connectivity index (χ2n) is 5.38. The molecule has 1 aromatic carbocycles. The summed E-state index contributed by atoms with van der Waals surface area (Å²) in [6.45, 7) is 1.57. The Morgan fingerprint density at radius 2 is 2.19 bits per heavy atom. The topological polar surface area (TPSA) is 84.9 Å². The standard InChI is InChI=1S/C15H19NO5/c1-15(9-20-2,14(18)19)16-13(17)11-7-10-5-3-4-6-12(10)21-8-11/h3-6,11H,7-9H2,1-2H3,(H,16,17)(H,18,19). The summed E-state index contributed by atoms with van der Waals surface area (Å²) in [6.07, 6.45) is 0.532. The fourth-order valence-electron chi connectivity index (χ4n) is 2.31. The van der Waals surface area contributed by atoms with Crippen molar-refractivity contribution in [3.8, 4) is 5.75 Å². The van der Waals surface area contributed by atoms with Crippen LogP contribution in [-0.2, 0) is 20.7 Å². The minimum atomic E-state index is -1.44. The number of para-hydroxylation sites is 1. The molecule has 1 aliphatic rings. The first-order valence-electron chi connectivity index (χ1n) is 6.71. The van der Waals surface area contributed by atoms with Crippen molar-refractivity contribution in [2.75, 3.05) is 20.3 Å². The predicted octanol–water partition coefficient (Wildman–Crippen LogP) is 0.844. The summed E-state index contributed by atoms with van der Waals surface area (Å²) < 4.78 is 10.4. The molecule has 0 saturated carbocycles. The van der Waals surface area contributed by atoms with Crippen LogP contribution in [0.3, 0.4) is 0 Å². The van der Waals surface area contributed by atoms with Crippen LogP contribution in [0, 0.1) is 5.92 Å².